The molecule has 4 N–H and O–H groups in total. The van der Waals surface area contributed by atoms with Crippen molar-refractivity contribution in [2.75, 3.05) is 11.5 Å². The van der Waals surface area contributed by atoms with E-state index in [0.29, 0.717) is 21.2 Å². The fourth-order valence-corrected chi connectivity index (χ4v) is 2.84. The molecule has 9 heteroatoms. The van der Waals surface area contributed by atoms with E-state index in [1.165, 1.54) is 29.5 Å². The minimum absolute atomic E-state index is 0. The van der Waals surface area contributed by atoms with Gasteiger partial charge in [0.2, 0.25) is 0 Å². The third kappa shape index (κ3) is 6.00. The van der Waals surface area contributed by atoms with Crippen LogP contribution in [0.5, 0.6) is 0 Å². The molecule has 0 radical (unpaired) electrons. The summed E-state index contributed by atoms with van der Waals surface area (Å²) in [5, 5.41) is 10.7. The molecule has 1 aromatic heterocycles. The van der Waals surface area contributed by atoms with Gasteiger partial charge in [-0.3, -0.25) is 0 Å². The summed E-state index contributed by atoms with van der Waals surface area (Å²) in [6.45, 7) is 0. The van der Waals surface area contributed by atoms with Crippen LogP contribution in [-0.4, -0.2) is 4.98 Å². The molecule has 0 aliphatic rings. The number of rotatable bonds is 1. The second-order valence-electron chi connectivity index (χ2n) is 4.05. The predicted molar refractivity (Wildman–Crippen MR) is 87.4 cm³/mol. The Morgan fingerprint density at radius 3 is 2.52 bits per heavy atom. The minimum atomic E-state index is -0.436. The maximum atomic E-state index is 13.3. The summed E-state index contributed by atoms with van der Waals surface area (Å²) in [7, 11) is 0. The molecule has 4 nitrogen and oxygen atoms in total. The Labute approximate surface area is 183 Å². The quantitative estimate of drug-likeness (QED) is 0.288. The Morgan fingerprint density at radius 1 is 1.22 bits per heavy atom. The van der Waals surface area contributed by atoms with Crippen molar-refractivity contribution in [3.63, 3.8) is 0 Å². The van der Waals surface area contributed by atoms with E-state index in [9.17, 15) is 8.78 Å². The Bertz CT molecular complexity index is 837. The number of anilines is 2. The van der Waals surface area contributed by atoms with Crippen LogP contribution in [0.4, 0.5) is 19.6 Å². The molecule has 0 aliphatic heterocycles. The van der Waals surface area contributed by atoms with E-state index in [-0.39, 0.29) is 58.6 Å². The summed E-state index contributed by atoms with van der Waals surface area (Å²) in [6, 6.07) is 8.73. The molecule has 2 aromatic carbocycles. The van der Waals surface area contributed by atoms with Crippen LogP contribution in [-0.2, 0) is 0 Å². The van der Waals surface area contributed by atoms with E-state index in [1.807, 2.05) is 5.40 Å². The Hall–Kier alpha value is -0.734. The third-order valence-corrected chi connectivity index (χ3v) is 3.93. The molecule has 1 heterocycles. The number of benzene rings is 2. The van der Waals surface area contributed by atoms with Crippen molar-refractivity contribution in [1.82, 2.24) is 4.98 Å². The van der Waals surface area contributed by atoms with E-state index < -0.39 is 5.82 Å². The molecule has 0 saturated heterocycles. The minimum Gasteiger partial charge on any atom is -1.00 e. The molecule has 0 aliphatic carbocycles. The number of nitriles is 1. The van der Waals surface area contributed by atoms with E-state index in [0.717, 1.165) is 16.5 Å². The fourth-order valence-electron chi connectivity index (χ4n) is 1.58. The van der Waals surface area contributed by atoms with Crippen molar-refractivity contribution in [3.05, 3.63) is 48.0 Å². The van der Waals surface area contributed by atoms with Gasteiger partial charge >= 0.3 is 51.4 Å². The van der Waals surface area contributed by atoms with Crippen LogP contribution in [0.2, 0.25) is 0 Å². The molecule has 0 unspecified atom stereocenters. The van der Waals surface area contributed by atoms with Crippen LogP contribution in [0.15, 0.2) is 41.3 Å². The number of fused-ring (bicyclic) bond motifs is 1. The van der Waals surface area contributed by atoms with Gasteiger partial charge < -0.3 is 12.9 Å². The number of nitrogens with zero attached hydrogens (tertiary/aromatic N) is 2. The molecule has 3 aromatic rings. The molecule has 0 bridgehead atoms. The van der Waals surface area contributed by atoms with Crippen molar-refractivity contribution >= 4 is 44.1 Å². The zero-order chi connectivity index (χ0) is 16.1. The van der Waals surface area contributed by atoms with Crippen LogP contribution < -0.4 is 62.9 Å². The molecular formula is C14H11F2KN4S2. The van der Waals surface area contributed by atoms with Crippen molar-refractivity contribution < 1.29 is 61.6 Å². The first-order valence-corrected chi connectivity index (χ1v) is 7.55. The molecule has 0 spiro atoms. The predicted octanol–water partition coefficient (Wildman–Crippen LogP) is 1.12. The number of nitrogen functional groups attached to an aromatic ring is 2. The van der Waals surface area contributed by atoms with E-state index in [2.05, 4.69) is 4.98 Å². The zero-order valence-corrected chi connectivity index (χ0v) is 16.8. The summed E-state index contributed by atoms with van der Waals surface area (Å²) in [4.78, 5) is 4.25. The van der Waals surface area contributed by atoms with Gasteiger partial charge in [0.05, 0.1) is 15.1 Å². The van der Waals surface area contributed by atoms with Gasteiger partial charge in [0, 0.05) is 11.8 Å². The molecule has 0 fully saturated rings. The van der Waals surface area contributed by atoms with E-state index >= 15 is 0 Å². The largest absolute Gasteiger partial charge is 1.00 e. The summed E-state index contributed by atoms with van der Waals surface area (Å²) in [6.07, 6.45) is 0. The first kappa shape index (κ1) is 20.3. The van der Waals surface area contributed by atoms with Gasteiger partial charge in [0.1, 0.15) is 17.0 Å². The Balaban J connectivity index is 0.000000460. The molecular weight excluding hydrogens is 365 g/mol. The average Bonchev–Trinajstić information content (AvgIpc) is 2.79. The number of aromatic nitrogens is 1. The standard InChI is InChI=1S/C8H4FN3S2.C6H6FN.K.H/c9-4-1-5-7(14-8(11)12-5)2-6(4)13-3-10;7-5-2-1-3-6(8)4-5;;/h1-2H,(H2,11,12);1-4H,8H2;;/q;;+1;-1. The first-order chi connectivity index (χ1) is 10.5. The summed E-state index contributed by atoms with van der Waals surface area (Å²) >= 11 is 2.07. The SMILES string of the molecule is N#CSc1cc2sc(N)nc2cc1F.Nc1cccc(F)c1.[H-].[K+]. The summed E-state index contributed by atoms with van der Waals surface area (Å²) < 4.78 is 26.1. The van der Waals surface area contributed by atoms with Crippen LogP contribution in [0.3, 0.4) is 0 Å². The second-order valence-corrected chi connectivity index (χ2v) is 5.94. The summed E-state index contributed by atoms with van der Waals surface area (Å²) in [5.41, 5.74) is 11.7. The number of nitrogens with two attached hydrogens (primary N) is 2. The van der Waals surface area contributed by atoms with E-state index in [4.69, 9.17) is 16.7 Å². The van der Waals surface area contributed by atoms with E-state index in [1.54, 1.807) is 18.2 Å². The maximum Gasteiger partial charge on any atom is 1.00 e. The number of thiocyanates is 1. The second kappa shape index (κ2) is 9.54. The third-order valence-electron chi connectivity index (χ3n) is 2.46. The average molecular weight is 376 g/mol. The van der Waals surface area contributed by atoms with Crippen LogP contribution in [0.1, 0.15) is 1.43 Å². The maximum absolute atomic E-state index is 13.3. The van der Waals surface area contributed by atoms with Crippen LogP contribution >= 0.6 is 23.1 Å². The van der Waals surface area contributed by atoms with Gasteiger partial charge in [-0.1, -0.05) is 17.4 Å². The molecule has 3 rings (SSSR count). The topological polar surface area (TPSA) is 88.7 Å². The van der Waals surface area contributed by atoms with Gasteiger partial charge in [0.25, 0.3) is 0 Å². The number of thioether (sulfide) groups is 1. The Morgan fingerprint density at radius 2 is 1.96 bits per heavy atom. The number of thiazole rings is 1. The summed E-state index contributed by atoms with van der Waals surface area (Å²) in [5.74, 6) is -0.723. The molecule has 0 atom stereocenters. The Kier molecular flexibility index (Phi) is 8.42. The van der Waals surface area contributed by atoms with Crippen molar-refractivity contribution in [3.8, 4) is 5.40 Å². The molecule has 114 valence electrons. The number of halogens is 2. The monoisotopic (exact) mass is 376 g/mol. The van der Waals surface area contributed by atoms with Crippen LogP contribution in [0.25, 0.3) is 10.2 Å². The van der Waals surface area contributed by atoms with Gasteiger partial charge in [-0.05, 0) is 36.0 Å². The first-order valence-electron chi connectivity index (χ1n) is 5.92. The van der Waals surface area contributed by atoms with Crippen molar-refractivity contribution in [1.29, 1.82) is 5.26 Å². The van der Waals surface area contributed by atoms with Gasteiger partial charge in [-0.15, -0.1) is 0 Å². The molecule has 0 saturated carbocycles. The smallest absolute Gasteiger partial charge is 1.00 e. The van der Waals surface area contributed by atoms with Crippen LogP contribution in [0, 0.1) is 22.3 Å². The molecule has 0 amide bonds. The number of hydrogen-bond donors (Lipinski definition) is 2. The molecule has 23 heavy (non-hydrogen) atoms. The van der Waals surface area contributed by atoms with Gasteiger partial charge in [-0.2, -0.15) is 5.26 Å². The van der Waals surface area contributed by atoms with Gasteiger partial charge in [-0.25, -0.2) is 13.8 Å². The van der Waals surface area contributed by atoms with Crippen molar-refractivity contribution in [2.24, 2.45) is 0 Å². The normalized spacial score (nSPS) is 9.43. The van der Waals surface area contributed by atoms with Gasteiger partial charge in [0.15, 0.2) is 5.13 Å². The fraction of sp³-hybridized carbons (Fsp3) is 0. The number of hydrogen-bond acceptors (Lipinski definition) is 6. The zero-order valence-electron chi connectivity index (χ0n) is 13.1. The van der Waals surface area contributed by atoms with Crippen molar-refractivity contribution in [2.45, 2.75) is 4.90 Å².